The van der Waals surface area contributed by atoms with E-state index in [9.17, 15) is 0 Å². The predicted molar refractivity (Wildman–Crippen MR) is 89.2 cm³/mol. The van der Waals surface area contributed by atoms with E-state index in [0.29, 0.717) is 12.0 Å². The van der Waals surface area contributed by atoms with Crippen LogP contribution in [0.4, 0.5) is 0 Å². The standard InChI is InChI=1S/C18H20BrNO2/c1-20-8-7-18-11-4-5-12(19)17(18)22-16-14(21-2)6-3-10(15(16)18)9-13(11)20/h3-6,11-13,17H,7-9H2,1-2H3/t11-,12-,13+,17-,18-/m1/s1. The summed E-state index contributed by atoms with van der Waals surface area (Å²) in [5.74, 6) is 2.44. The lowest BCUT2D eigenvalue weighted by atomic mass is 9.54. The minimum Gasteiger partial charge on any atom is -0.493 e. The summed E-state index contributed by atoms with van der Waals surface area (Å²) in [5.41, 5.74) is 3.03. The van der Waals surface area contributed by atoms with Gasteiger partial charge < -0.3 is 14.4 Å². The molecule has 22 heavy (non-hydrogen) atoms. The molecule has 4 aliphatic rings. The van der Waals surface area contributed by atoms with E-state index < -0.39 is 0 Å². The van der Waals surface area contributed by atoms with Gasteiger partial charge in [-0.15, -0.1) is 0 Å². The minimum atomic E-state index is 0.123. The Morgan fingerprint density at radius 1 is 1.36 bits per heavy atom. The van der Waals surface area contributed by atoms with Gasteiger partial charge in [-0.2, -0.15) is 0 Å². The Balaban J connectivity index is 1.82. The first-order valence-corrected chi connectivity index (χ1v) is 8.98. The number of rotatable bonds is 1. The van der Waals surface area contributed by atoms with Crippen LogP contribution in [0.25, 0.3) is 0 Å². The van der Waals surface area contributed by atoms with Gasteiger partial charge in [-0.05, 0) is 38.1 Å². The van der Waals surface area contributed by atoms with Crippen molar-refractivity contribution in [1.82, 2.24) is 4.90 Å². The number of likely N-dealkylation sites (N-methyl/N-ethyl adjacent to an activating group) is 1. The number of methoxy groups -OCH3 is 1. The van der Waals surface area contributed by atoms with Crippen molar-refractivity contribution in [1.29, 1.82) is 0 Å². The molecule has 2 aliphatic heterocycles. The van der Waals surface area contributed by atoms with Crippen molar-refractivity contribution in [2.75, 3.05) is 20.7 Å². The number of likely N-dealkylation sites (tertiary alicyclic amines) is 1. The second-order valence-electron chi connectivity index (χ2n) is 7.07. The third kappa shape index (κ3) is 1.37. The smallest absolute Gasteiger partial charge is 0.165 e. The highest BCUT2D eigenvalue weighted by molar-refractivity contribution is 9.09. The fourth-order valence-corrected chi connectivity index (χ4v) is 6.11. The van der Waals surface area contributed by atoms with E-state index in [2.05, 4.69) is 52.2 Å². The number of nitrogens with zero attached hydrogens (tertiary/aromatic N) is 1. The maximum Gasteiger partial charge on any atom is 0.165 e. The van der Waals surface area contributed by atoms with Crippen LogP contribution in [-0.2, 0) is 11.8 Å². The molecule has 1 saturated heterocycles. The zero-order valence-corrected chi connectivity index (χ0v) is 14.5. The van der Waals surface area contributed by atoms with Crippen LogP contribution in [0.2, 0.25) is 0 Å². The summed E-state index contributed by atoms with van der Waals surface area (Å²) < 4.78 is 12.1. The summed E-state index contributed by atoms with van der Waals surface area (Å²) >= 11 is 3.85. The molecule has 0 saturated carbocycles. The van der Waals surface area contributed by atoms with Crippen LogP contribution in [0.5, 0.6) is 11.5 Å². The molecule has 0 unspecified atom stereocenters. The zero-order chi connectivity index (χ0) is 15.1. The molecule has 2 bridgehead atoms. The van der Waals surface area contributed by atoms with Gasteiger partial charge in [0.1, 0.15) is 6.10 Å². The second-order valence-corrected chi connectivity index (χ2v) is 8.12. The van der Waals surface area contributed by atoms with Gasteiger partial charge in [0, 0.05) is 22.9 Å². The van der Waals surface area contributed by atoms with Crippen LogP contribution < -0.4 is 9.47 Å². The normalized spacial score (nSPS) is 41.0. The maximum absolute atomic E-state index is 6.51. The molecule has 1 aromatic rings. The largest absolute Gasteiger partial charge is 0.493 e. The molecular weight excluding hydrogens is 342 g/mol. The van der Waals surface area contributed by atoms with Crippen LogP contribution in [0.3, 0.4) is 0 Å². The lowest BCUT2D eigenvalue weighted by Crippen LogP contribution is -2.64. The quantitative estimate of drug-likeness (QED) is 0.567. The number of hydrogen-bond donors (Lipinski definition) is 0. The highest BCUT2D eigenvalue weighted by Gasteiger charge is 2.63. The minimum absolute atomic E-state index is 0.123. The Kier molecular flexibility index (Phi) is 2.62. The first-order chi connectivity index (χ1) is 10.7. The molecule has 5 rings (SSSR count). The van der Waals surface area contributed by atoms with Gasteiger partial charge in [0.25, 0.3) is 0 Å². The molecule has 5 atom stereocenters. The summed E-state index contributed by atoms with van der Waals surface area (Å²) in [5, 5.41) is 0. The predicted octanol–water partition coefficient (Wildman–Crippen LogP) is 2.90. The Morgan fingerprint density at radius 3 is 3.05 bits per heavy atom. The molecule has 2 heterocycles. The van der Waals surface area contributed by atoms with Gasteiger partial charge in [-0.25, -0.2) is 0 Å². The van der Waals surface area contributed by atoms with Crippen molar-refractivity contribution < 1.29 is 9.47 Å². The highest BCUT2D eigenvalue weighted by atomic mass is 79.9. The average molecular weight is 362 g/mol. The highest BCUT2D eigenvalue weighted by Crippen LogP contribution is 2.63. The van der Waals surface area contributed by atoms with Gasteiger partial charge in [0.2, 0.25) is 0 Å². The molecule has 116 valence electrons. The fraction of sp³-hybridized carbons (Fsp3) is 0.556. The van der Waals surface area contributed by atoms with E-state index >= 15 is 0 Å². The van der Waals surface area contributed by atoms with Gasteiger partial charge in [0.15, 0.2) is 11.5 Å². The number of hydrogen-bond acceptors (Lipinski definition) is 3. The van der Waals surface area contributed by atoms with Crippen molar-refractivity contribution in [2.24, 2.45) is 5.92 Å². The summed E-state index contributed by atoms with van der Waals surface area (Å²) in [6.07, 6.45) is 7.20. The molecule has 3 nitrogen and oxygen atoms in total. The lowest BCUT2D eigenvalue weighted by Gasteiger charge is -2.56. The van der Waals surface area contributed by atoms with Crippen molar-refractivity contribution in [3.8, 4) is 11.5 Å². The molecule has 0 amide bonds. The van der Waals surface area contributed by atoms with E-state index in [1.165, 1.54) is 11.1 Å². The number of benzene rings is 1. The van der Waals surface area contributed by atoms with Crippen LogP contribution in [0, 0.1) is 5.92 Å². The SMILES string of the molecule is COc1ccc2c3c1O[C@@H]1[C@H](Br)C=C[C@@H]4[C@H](C2)N(C)CC[C@]341. The Hall–Kier alpha value is -1.00. The van der Waals surface area contributed by atoms with Crippen molar-refractivity contribution in [3.05, 3.63) is 35.4 Å². The summed E-state index contributed by atoms with van der Waals surface area (Å²) in [6.45, 7) is 1.14. The number of ether oxygens (including phenoxy) is 2. The number of alkyl halides is 1. The molecular formula is C18H20BrNO2. The van der Waals surface area contributed by atoms with E-state index in [1.54, 1.807) is 7.11 Å². The van der Waals surface area contributed by atoms with Crippen molar-refractivity contribution in [2.45, 2.75) is 35.2 Å². The van der Waals surface area contributed by atoms with Crippen LogP contribution in [0.1, 0.15) is 17.5 Å². The fourth-order valence-electron chi connectivity index (χ4n) is 5.36. The monoisotopic (exact) mass is 361 g/mol. The molecule has 1 spiro atoms. The first-order valence-electron chi connectivity index (χ1n) is 8.06. The van der Waals surface area contributed by atoms with E-state index in [1.807, 2.05) is 0 Å². The Bertz CT molecular complexity index is 688. The number of piperidine rings is 1. The van der Waals surface area contributed by atoms with E-state index in [0.717, 1.165) is 30.9 Å². The van der Waals surface area contributed by atoms with Gasteiger partial charge in [0.05, 0.1) is 11.9 Å². The van der Waals surface area contributed by atoms with Crippen molar-refractivity contribution in [3.63, 3.8) is 0 Å². The molecule has 0 N–H and O–H groups in total. The molecule has 0 aromatic heterocycles. The Labute approximate surface area is 139 Å². The van der Waals surface area contributed by atoms with Gasteiger partial charge >= 0.3 is 0 Å². The van der Waals surface area contributed by atoms with Crippen molar-refractivity contribution >= 4 is 15.9 Å². The summed E-state index contributed by atoms with van der Waals surface area (Å²) in [4.78, 5) is 2.81. The Morgan fingerprint density at radius 2 is 2.23 bits per heavy atom. The molecule has 4 heteroatoms. The molecule has 1 fully saturated rings. The third-order valence-corrected chi connectivity index (χ3v) is 7.11. The molecule has 2 aliphatic carbocycles. The van der Waals surface area contributed by atoms with Gasteiger partial charge in [-0.1, -0.05) is 34.1 Å². The van der Waals surface area contributed by atoms with Gasteiger partial charge in [-0.3, -0.25) is 0 Å². The number of halogens is 1. The topological polar surface area (TPSA) is 21.7 Å². The summed E-state index contributed by atoms with van der Waals surface area (Å²) in [6, 6.07) is 4.92. The summed E-state index contributed by atoms with van der Waals surface area (Å²) in [7, 11) is 4.01. The molecule has 1 aromatic carbocycles. The average Bonchev–Trinajstić information content (AvgIpc) is 2.88. The zero-order valence-electron chi connectivity index (χ0n) is 12.9. The van der Waals surface area contributed by atoms with Crippen LogP contribution in [0.15, 0.2) is 24.3 Å². The third-order valence-electron chi connectivity index (χ3n) is 6.32. The molecule has 0 radical (unpaired) electrons. The van der Waals surface area contributed by atoms with Crippen LogP contribution >= 0.6 is 15.9 Å². The maximum atomic E-state index is 6.51. The lowest BCUT2D eigenvalue weighted by molar-refractivity contribution is 0.00479. The first kappa shape index (κ1) is 13.4. The van der Waals surface area contributed by atoms with Crippen LogP contribution in [-0.4, -0.2) is 42.6 Å². The van der Waals surface area contributed by atoms with E-state index in [4.69, 9.17) is 9.47 Å². The second kappa shape index (κ2) is 4.30. The van der Waals surface area contributed by atoms with E-state index in [-0.39, 0.29) is 16.3 Å².